The summed E-state index contributed by atoms with van der Waals surface area (Å²) in [6.07, 6.45) is -0.0719. The Kier molecular flexibility index (Phi) is 5.88. The van der Waals surface area contributed by atoms with Crippen LogP contribution in [0, 0.1) is 5.82 Å². The molecular formula is C20H21FN4O3. The van der Waals surface area contributed by atoms with Crippen LogP contribution in [0.3, 0.4) is 0 Å². The van der Waals surface area contributed by atoms with Crippen LogP contribution >= 0.6 is 0 Å². The maximum absolute atomic E-state index is 13.6. The van der Waals surface area contributed by atoms with Crippen molar-refractivity contribution in [2.75, 3.05) is 11.6 Å². The molecule has 0 fully saturated rings. The third-order valence-electron chi connectivity index (χ3n) is 4.21. The molecule has 1 aliphatic rings. The van der Waals surface area contributed by atoms with Crippen LogP contribution in [0.4, 0.5) is 10.1 Å². The zero-order valence-corrected chi connectivity index (χ0v) is 15.6. The summed E-state index contributed by atoms with van der Waals surface area (Å²) < 4.78 is 18.8. The molecule has 0 saturated heterocycles. The number of amides is 2. The molecule has 8 heteroatoms. The van der Waals surface area contributed by atoms with Crippen molar-refractivity contribution in [3.63, 3.8) is 0 Å². The molecule has 2 aromatic rings. The smallest absolute Gasteiger partial charge is 0.279 e. The molecule has 2 aromatic carbocycles. The summed E-state index contributed by atoms with van der Waals surface area (Å²) in [7, 11) is 0. The number of carbonyl (C=O) groups excluding carboxylic acids is 2. The number of halogens is 1. The van der Waals surface area contributed by atoms with E-state index in [-0.39, 0.29) is 5.75 Å². The SMILES string of the molecule is CC1=NN(c2ccc(C(=O)NNC(=O)C(C)Oc3ccccc3F)cc2)CC1. The van der Waals surface area contributed by atoms with Gasteiger partial charge in [-0.05, 0) is 50.2 Å². The van der Waals surface area contributed by atoms with E-state index in [1.54, 1.807) is 30.3 Å². The molecule has 1 unspecified atom stereocenters. The molecular weight excluding hydrogens is 363 g/mol. The number of nitrogens with one attached hydrogen (secondary N) is 2. The van der Waals surface area contributed by atoms with Gasteiger partial charge in [0.1, 0.15) is 0 Å². The molecule has 0 saturated carbocycles. The number of ether oxygens (including phenoxy) is 1. The topological polar surface area (TPSA) is 83.0 Å². The number of hydrogen-bond acceptors (Lipinski definition) is 5. The van der Waals surface area contributed by atoms with Gasteiger partial charge in [0.05, 0.1) is 5.69 Å². The molecule has 7 nitrogen and oxygen atoms in total. The Bertz CT molecular complexity index is 899. The number of benzene rings is 2. The zero-order valence-electron chi connectivity index (χ0n) is 15.6. The van der Waals surface area contributed by atoms with Gasteiger partial charge in [-0.3, -0.25) is 25.4 Å². The highest BCUT2D eigenvalue weighted by Crippen LogP contribution is 2.20. The van der Waals surface area contributed by atoms with E-state index in [0.29, 0.717) is 5.56 Å². The maximum atomic E-state index is 13.6. The van der Waals surface area contributed by atoms with Crippen molar-refractivity contribution in [1.82, 2.24) is 10.9 Å². The van der Waals surface area contributed by atoms with Gasteiger partial charge in [-0.1, -0.05) is 12.1 Å². The Morgan fingerprint density at radius 2 is 1.86 bits per heavy atom. The minimum absolute atomic E-state index is 0.0353. The highest BCUT2D eigenvalue weighted by Gasteiger charge is 2.18. The average Bonchev–Trinajstić information content (AvgIpc) is 3.14. The molecule has 0 aliphatic carbocycles. The fourth-order valence-corrected chi connectivity index (χ4v) is 2.62. The van der Waals surface area contributed by atoms with E-state index in [1.807, 2.05) is 11.9 Å². The van der Waals surface area contributed by atoms with Gasteiger partial charge in [0.15, 0.2) is 17.7 Å². The van der Waals surface area contributed by atoms with Crippen LogP contribution < -0.4 is 20.6 Å². The summed E-state index contributed by atoms with van der Waals surface area (Å²) >= 11 is 0. The van der Waals surface area contributed by atoms with Crippen molar-refractivity contribution in [1.29, 1.82) is 0 Å². The van der Waals surface area contributed by atoms with Crippen LogP contribution in [0.5, 0.6) is 5.75 Å². The number of carbonyl (C=O) groups is 2. The van der Waals surface area contributed by atoms with Crippen LogP contribution in [-0.2, 0) is 4.79 Å². The lowest BCUT2D eigenvalue weighted by atomic mass is 10.2. The van der Waals surface area contributed by atoms with Crippen LogP contribution in [0.1, 0.15) is 30.6 Å². The van der Waals surface area contributed by atoms with Gasteiger partial charge in [0.2, 0.25) is 0 Å². The van der Waals surface area contributed by atoms with E-state index in [1.165, 1.54) is 25.1 Å². The largest absolute Gasteiger partial charge is 0.478 e. The van der Waals surface area contributed by atoms with Gasteiger partial charge in [-0.2, -0.15) is 5.10 Å². The average molecular weight is 384 g/mol. The third-order valence-corrected chi connectivity index (χ3v) is 4.21. The number of anilines is 1. The highest BCUT2D eigenvalue weighted by atomic mass is 19.1. The van der Waals surface area contributed by atoms with Crippen LogP contribution in [0.2, 0.25) is 0 Å². The fourth-order valence-electron chi connectivity index (χ4n) is 2.62. The van der Waals surface area contributed by atoms with Crippen molar-refractivity contribution in [3.8, 4) is 5.75 Å². The second-order valence-electron chi connectivity index (χ2n) is 6.39. The highest BCUT2D eigenvalue weighted by molar-refractivity contribution is 5.96. The predicted molar refractivity (Wildman–Crippen MR) is 104 cm³/mol. The molecule has 146 valence electrons. The van der Waals surface area contributed by atoms with Gasteiger partial charge >= 0.3 is 0 Å². The summed E-state index contributed by atoms with van der Waals surface area (Å²) in [5.41, 5.74) is 6.94. The van der Waals surface area contributed by atoms with Crippen LogP contribution in [0.15, 0.2) is 53.6 Å². The Hall–Kier alpha value is -3.42. The summed E-state index contributed by atoms with van der Waals surface area (Å²) in [4.78, 5) is 24.3. The Balaban J connectivity index is 1.52. The summed E-state index contributed by atoms with van der Waals surface area (Å²) in [5.74, 6) is -1.68. The van der Waals surface area contributed by atoms with E-state index in [4.69, 9.17) is 4.74 Å². The molecule has 28 heavy (non-hydrogen) atoms. The number of rotatable bonds is 5. The van der Waals surface area contributed by atoms with E-state index in [2.05, 4.69) is 16.0 Å². The van der Waals surface area contributed by atoms with Crippen molar-refractivity contribution < 1.29 is 18.7 Å². The van der Waals surface area contributed by atoms with Crippen molar-refractivity contribution >= 4 is 23.2 Å². The molecule has 0 aromatic heterocycles. The Morgan fingerprint density at radius 1 is 1.14 bits per heavy atom. The number of hydrazine groups is 1. The third kappa shape index (κ3) is 4.64. The van der Waals surface area contributed by atoms with Gasteiger partial charge in [-0.25, -0.2) is 4.39 Å². The standard InChI is InChI=1S/C20H21FN4O3/c1-13-11-12-25(24-13)16-9-7-15(8-10-16)20(27)23-22-19(26)14(2)28-18-6-4-3-5-17(18)21/h3-10,14H,11-12H2,1-2H3,(H,22,26)(H,23,27). The van der Waals surface area contributed by atoms with Crippen molar-refractivity contribution in [3.05, 3.63) is 59.9 Å². The van der Waals surface area contributed by atoms with Gasteiger partial charge in [0, 0.05) is 24.2 Å². The second kappa shape index (κ2) is 8.51. The van der Waals surface area contributed by atoms with E-state index in [0.717, 1.165) is 24.4 Å². The number of hydrazone groups is 1. The molecule has 0 bridgehead atoms. The first kappa shape index (κ1) is 19.3. The first-order chi connectivity index (χ1) is 13.4. The number of hydrogen-bond donors (Lipinski definition) is 2. The van der Waals surface area contributed by atoms with Crippen LogP contribution in [0.25, 0.3) is 0 Å². The summed E-state index contributed by atoms with van der Waals surface area (Å²) in [6, 6.07) is 12.7. The lowest BCUT2D eigenvalue weighted by Crippen LogP contribution is -2.47. The predicted octanol–water partition coefficient (Wildman–Crippen LogP) is 2.64. The Labute approximate surface area is 162 Å². The molecule has 2 amide bonds. The fraction of sp³-hybridized carbons (Fsp3) is 0.250. The number of para-hydroxylation sites is 1. The molecule has 1 atom stereocenters. The van der Waals surface area contributed by atoms with E-state index in [9.17, 15) is 14.0 Å². The summed E-state index contributed by atoms with van der Waals surface area (Å²) in [5, 5.41) is 6.28. The lowest BCUT2D eigenvalue weighted by molar-refractivity contribution is -0.128. The molecule has 2 N–H and O–H groups in total. The molecule has 1 heterocycles. The zero-order chi connectivity index (χ0) is 20.1. The van der Waals surface area contributed by atoms with E-state index >= 15 is 0 Å². The normalized spacial score (nSPS) is 14.2. The second-order valence-corrected chi connectivity index (χ2v) is 6.39. The minimum atomic E-state index is -0.990. The van der Waals surface area contributed by atoms with Gasteiger partial charge < -0.3 is 4.74 Å². The quantitative estimate of drug-likeness (QED) is 0.777. The first-order valence-corrected chi connectivity index (χ1v) is 8.87. The van der Waals surface area contributed by atoms with Crippen molar-refractivity contribution in [2.45, 2.75) is 26.4 Å². The lowest BCUT2D eigenvalue weighted by Gasteiger charge is -2.16. The van der Waals surface area contributed by atoms with E-state index < -0.39 is 23.7 Å². The molecule has 0 spiro atoms. The maximum Gasteiger partial charge on any atom is 0.279 e. The van der Waals surface area contributed by atoms with Gasteiger partial charge in [0.25, 0.3) is 11.8 Å². The monoisotopic (exact) mass is 384 g/mol. The number of nitrogens with zero attached hydrogens (tertiary/aromatic N) is 2. The molecule has 3 rings (SSSR count). The van der Waals surface area contributed by atoms with Crippen molar-refractivity contribution in [2.24, 2.45) is 5.10 Å². The van der Waals surface area contributed by atoms with Crippen LogP contribution in [-0.4, -0.2) is 30.2 Å². The van der Waals surface area contributed by atoms with Gasteiger partial charge in [-0.15, -0.1) is 0 Å². The minimum Gasteiger partial charge on any atom is -0.478 e. The first-order valence-electron chi connectivity index (χ1n) is 8.87. The Morgan fingerprint density at radius 3 is 2.50 bits per heavy atom. The molecule has 1 aliphatic heterocycles. The summed E-state index contributed by atoms with van der Waals surface area (Å²) in [6.45, 7) is 4.25. The molecule has 0 radical (unpaired) electrons.